The average molecular weight is 449 g/mol. The Labute approximate surface area is 191 Å². The van der Waals surface area contributed by atoms with Crippen molar-refractivity contribution in [1.29, 1.82) is 0 Å². The molecule has 0 unspecified atom stereocenters. The maximum absolute atomic E-state index is 12.7. The molecule has 0 saturated heterocycles. The minimum atomic E-state index is -0.691. The molecule has 0 saturated carbocycles. The fourth-order valence-electron chi connectivity index (χ4n) is 2.88. The van der Waals surface area contributed by atoms with Gasteiger partial charge in [-0.1, -0.05) is 47.2 Å². The number of nitrogens with zero attached hydrogens (tertiary/aromatic N) is 1. The predicted octanol–water partition coefficient (Wildman–Crippen LogP) is 5.02. The number of hydrogen-bond acceptors (Lipinski definition) is 7. The van der Waals surface area contributed by atoms with E-state index in [2.05, 4.69) is 10.3 Å². The van der Waals surface area contributed by atoms with Crippen molar-refractivity contribution in [3.63, 3.8) is 0 Å². The molecule has 0 spiro atoms. The third kappa shape index (κ3) is 5.76. The number of nitrogens with one attached hydrogen (secondary N) is 1. The molecule has 7 heteroatoms. The molecule has 0 bridgehead atoms. The van der Waals surface area contributed by atoms with Gasteiger partial charge in [-0.3, -0.25) is 0 Å². The Bertz CT molecular complexity index is 1120. The molecule has 3 aromatic rings. The lowest BCUT2D eigenvalue weighted by molar-refractivity contribution is -0.137. The molecule has 6 nitrogen and oxygen atoms in total. The van der Waals surface area contributed by atoms with Gasteiger partial charge in [0.25, 0.3) is 0 Å². The number of aromatic nitrogens is 1. The SMILES string of the molecule is COC(=O)/C(Nc1ccc(C)cc1)=C(\C(=O)OC)c1ccc(Sc2ccc(C)cc2)nc1. The first-order chi connectivity index (χ1) is 15.4. The van der Waals surface area contributed by atoms with Gasteiger partial charge in [-0.2, -0.15) is 0 Å². The lowest BCUT2D eigenvalue weighted by Gasteiger charge is -2.15. The van der Waals surface area contributed by atoms with Crippen LogP contribution < -0.4 is 5.32 Å². The molecule has 1 N–H and O–H groups in total. The number of methoxy groups -OCH3 is 2. The largest absolute Gasteiger partial charge is 0.465 e. The first kappa shape index (κ1) is 23.1. The number of carbonyl (C=O) groups excluding carboxylic acids is 2. The Morgan fingerprint density at radius 2 is 1.41 bits per heavy atom. The van der Waals surface area contributed by atoms with Crippen LogP contribution in [-0.4, -0.2) is 31.1 Å². The number of hydrogen-bond donors (Lipinski definition) is 1. The standard InChI is InChI=1S/C25H24N2O4S/c1-16-5-10-19(11-6-16)27-23(25(29)31-4)22(24(28)30-3)18-9-14-21(26-15-18)32-20-12-7-17(2)8-13-20/h5-15,27H,1-4H3/b23-22+. The minimum Gasteiger partial charge on any atom is -0.465 e. The number of ether oxygens (including phenoxy) is 2. The van der Waals surface area contributed by atoms with Crippen molar-refractivity contribution in [2.24, 2.45) is 0 Å². The summed E-state index contributed by atoms with van der Waals surface area (Å²) in [6.07, 6.45) is 1.54. The second kappa shape index (κ2) is 10.6. The van der Waals surface area contributed by atoms with Crippen LogP contribution in [0.2, 0.25) is 0 Å². The highest BCUT2D eigenvalue weighted by atomic mass is 32.2. The zero-order valence-electron chi connectivity index (χ0n) is 18.3. The van der Waals surface area contributed by atoms with Crippen LogP contribution in [0.1, 0.15) is 16.7 Å². The van der Waals surface area contributed by atoms with Crippen LogP contribution in [0.5, 0.6) is 0 Å². The molecule has 0 fully saturated rings. The summed E-state index contributed by atoms with van der Waals surface area (Å²) in [7, 11) is 2.52. The van der Waals surface area contributed by atoms with E-state index < -0.39 is 11.9 Å². The summed E-state index contributed by atoms with van der Waals surface area (Å²) in [6.45, 7) is 3.99. The van der Waals surface area contributed by atoms with Gasteiger partial charge in [0.2, 0.25) is 0 Å². The van der Waals surface area contributed by atoms with E-state index in [0.29, 0.717) is 11.3 Å². The first-order valence-electron chi connectivity index (χ1n) is 9.87. The summed E-state index contributed by atoms with van der Waals surface area (Å²) in [4.78, 5) is 30.8. The number of anilines is 1. The highest BCUT2D eigenvalue weighted by Crippen LogP contribution is 2.29. The van der Waals surface area contributed by atoms with Crippen molar-refractivity contribution in [3.05, 3.63) is 89.2 Å². The van der Waals surface area contributed by atoms with E-state index in [-0.39, 0.29) is 11.3 Å². The lowest BCUT2D eigenvalue weighted by atomic mass is 10.1. The van der Waals surface area contributed by atoms with Crippen molar-refractivity contribution in [1.82, 2.24) is 4.98 Å². The fraction of sp³-hybridized carbons (Fsp3) is 0.160. The van der Waals surface area contributed by atoms with Crippen molar-refractivity contribution in [2.75, 3.05) is 19.5 Å². The highest BCUT2D eigenvalue weighted by Gasteiger charge is 2.25. The van der Waals surface area contributed by atoms with Gasteiger partial charge in [0.15, 0.2) is 0 Å². The number of benzene rings is 2. The number of esters is 2. The van der Waals surface area contributed by atoms with E-state index in [4.69, 9.17) is 9.47 Å². The van der Waals surface area contributed by atoms with E-state index >= 15 is 0 Å². The molecule has 0 aliphatic carbocycles. The zero-order valence-corrected chi connectivity index (χ0v) is 19.2. The van der Waals surface area contributed by atoms with Crippen LogP contribution in [0.3, 0.4) is 0 Å². The highest BCUT2D eigenvalue weighted by molar-refractivity contribution is 7.99. The van der Waals surface area contributed by atoms with Crippen LogP contribution in [0.25, 0.3) is 5.57 Å². The van der Waals surface area contributed by atoms with Crippen molar-refractivity contribution in [2.45, 2.75) is 23.8 Å². The van der Waals surface area contributed by atoms with Gasteiger partial charge >= 0.3 is 11.9 Å². The second-order valence-electron chi connectivity index (χ2n) is 7.02. The third-order valence-electron chi connectivity index (χ3n) is 4.62. The molecule has 32 heavy (non-hydrogen) atoms. The summed E-state index contributed by atoms with van der Waals surface area (Å²) in [6, 6.07) is 19.1. The number of pyridine rings is 1. The summed E-state index contributed by atoms with van der Waals surface area (Å²) in [5.74, 6) is -1.37. The monoisotopic (exact) mass is 448 g/mol. The summed E-state index contributed by atoms with van der Waals surface area (Å²) in [5.41, 5.74) is 3.34. The smallest absolute Gasteiger partial charge is 0.355 e. The van der Waals surface area contributed by atoms with Gasteiger partial charge in [-0.15, -0.1) is 0 Å². The third-order valence-corrected chi connectivity index (χ3v) is 5.58. The van der Waals surface area contributed by atoms with Crippen LogP contribution in [0, 0.1) is 13.8 Å². The first-order valence-corrected chi connectivity index (χ1v) is 10.7. The quantitative estimate of drug-likeness (QED) is 0.402. The second-order valence-corrected chi connectivity index (χ2v) is 8.12. The summed E-state index contributed by atoms with van der Waals surface area (Å²) < 4.78 is 9.88. The lowest BCUT2D eigenvalue weighted by Crippen LogP contribution is -2.20. The topological polar surface area (TPSA) is 77.5 Å². The van der Waals surface area contributed by atoms with Crippen LogP contribution in [-0.2, 0) is 19.1 Å². The maximum atomic E-state index is 12.7. The summed E-state index contributed by atoms with van der Waals surface area (Å²) >= 11 is 1.50. The molecule has 3 rings (SSSR count). The van der Waals surface area contributed by atoms with E-state index in [9.17, 15) is 9.59 Å². The van der Waals surface area contributed by atoms with E-state index in [1.807, 2.05) is 62.4 Å². The molecule has 0 amide bonds. The van der Waals surface area contributed by atoms with Crippen LogP contribution in [0.15, 0.2) is 82.5 Å². The predicted molar refractivity (Wildman–Crippen MR) is 125 cm³/mol. The zero-order chi connectivity index (χ0) is 23.1. The van der Waals surface area contributed by atoms with Crippen LogP contribution >= 0.6 is 11.8 Å². The van der Waals surface area contributed by atoms with Gasteiger partial charge in [0.1, 0.15) is 10.7 Å². The van der Waals surface area contributed by atoms with Gasteiger partial charge in [0, 0.05) is 22.3 Å². The van der Waals surface area contributed by atoms with Gasteiger partial charge in [-0.05, 0) is 50.2 Å². The molecular weight excluding hydrogens is 424 g/mol. The molecule has 1 heterocycles. The Morgan fingerprint density at radius 3 is 1.94 bits per heavy atom. The molecule has 0 radical (unpaired) electrons. The summed E-state index contributed by atoms with van der Waals surface area (Å²) in [5, 5.41) is 3.76. The number of carbonyl (C=O) groups is 2. The molecule has 0 aliphatic heterocycles. The molecule has 164 valence electrons. The van der Waals surface area contributed by atoms with Gasteiger partial charge in [-0.25, -0.2) is 14.6 Å². The number of aryl methyl sites for hydroxylation is 2. The van der Waals surface area contributed by atoms with Crippen LogP contribution in [0.4, 0.5) is 5.69 Å². The van der Waals surface area contributed by atoms with Crippen molar-refractivity contribution < 1.29 is 19.1 Å². The normalized spacial score (nSPS) is 11.4. The molecule has 0 aliphatic rings. The van der Waals surface area contributed by atoms with E-state index in [1.165, 1.54) is 31.5 Å². The van der Waals surface area contributed by atoms with Gasteiger partial charge in [0.05, 0.1) is 19.8 Å². The molecule has 1 aromatic heterocycles. The van der Waals surface area contributed by atoms with Gasteiger partial charge < -0.3 is 14.8 Å². The van der Waals surface area contributed by atoms with E-state index in [1.54, 1.807) is 18.3 Å². The van der Waals surface area contributed by atoms with E-state index in [0.717, 1.165) is 15.5 Å². The van der Waals surface area contributed by atoms with Crippen molar-refractivity contribution in [3.8, 4) is 0 Å². The molecule has 0 atom stereocenters. The molecule has 2 aromatic carbocycles. The maximum Gasteiger partial charge on any atom is 0.355 e. The Hall–Kier alpha value is -3.58. The van der Waals surface area contributed by atoms with Crippen molar-refractivity contribution >= 4 is 35.0 Å². The Kier molecular flexibility index (Phi) is 7.68. The fourth-order valence-corrected chi connectivity index (χ4v) is 3.64. The number of rotatable bonds is 7. The Balaban J connectivity index is 1.98. The molecular formula is C25H24N2O4S. The minimum absolute atomic E-state index is 0.0241. The Morgan fingerprint density at radius 1 is 0.812 bits per heavy atom. The average Bonchev–Trinajstić information content (AvgIpc) is 2.81.